The maximum atomic E-state index is 11.5. The van der Waals surface area contributed by atoms with Crippen molar-refractivity contribution in [1.82, 2.24) is 0 Å². The zero-order valence-electron chi connectivity index (χ0n) is 9.41. The quantitative estimate of drug-likeness (QED) is 0.478. The number of nitro groups is 1. The monoisotopic (exact) mass is 250 g/mol. The van der Waals surface area contributed by atoms with E-state index in [0.29, 0.717) is 0 Å². The van der Waals surface area contributed by atoms with E-state index in [0.717, 1.165) is 6.08 Å². The first-order valence-electron chi connectivity index (χ1n) is 4.87. The molecule has 18 heavy (non-hydrogen) atoms. The molecule has 0 aliphatic heterocycles. The third kappa shape index (κ3) is 3.71. The molecular formula is C11H10N2O5. The Morgan fingerprint density at radius 3 is 2.67 bits per heavy atom. The summed E-state index contributed by atoms with van der Waals surface area (Å²) in [4.78, 5) is 31.8. The van der Waals surface area contributed by atoms with Crippen LogP contribution in [0.5, 0.6) is 0 Å². The molecule has 1 aromatic rings. The third-order valence-electron chi connectivity index (χ3n) is 2.01. The molecule has 7 heteroatoms. The van der Waals surface area contributed by atoms with E-state index in [1.807, 2.05) is 0 Å². The molecule has 1 amide bonds. The number of benzene rings is 1. The van der Waals surface area contributed by atoms with Gasteiger partial charge in [0.25, 0.3) is 11.6 Å². The number of nitrogens with one attached hydrogen (secondary N) is 1. The molecule has 0 spiro atoms. The van der Waals surface area contributed by atoms with Gasteiger partial charge >= 0.3 is 5.97 Å². The Labute approximate surface area is 102 Å². The number of rotatable bonds is 4. The molecule has 0 aromatic heterocycles. The van der Waals surface area contributed by atoms with Gasteiger partial charge in [-0.25, -0.2) is 4.79 Å². The normalized spacial score (nSPS) is 10.8. The van der Waals surface area contributed by atoms with Gasteiger partial charge in [-0.3, -0.25) is 14.9 Å². The van der Waals surface area contributed by atoms with E-state index in [1.165, 1.54) is 31.2 Å². The largest absolute Gasteiger partial charge is 0.478 e. The van der Waals surface area contributed by atoms with Crippen LogP contribution in [0.4, 0.5) is 11.4 Å². The van der Waals surface area contributed by atoms with Crippen LogP contribution >= 0.6 is 0 Å². The average Bonchev–Trinajstić information content (AvgIpc) is 2.28. The van der Waals surface area contributed by atoms with Crippen LogP contribution in [0.1, 0.15) is 6.92 Å². The molecule has 0 heterocycles. The number of hydrogen-bond donors (Lipinski definition) is 2. The number of amides is 1. The number of aliphatic carboxylic acids is 1. The standard InChI is InChI=1S/C11H10N2O5/c1-7(5-10(14)15)11(16)12-8-3-2-4-9(6-8)13(17)18/h2-6H,1H3,(H,12,16)(H,14,15)/b7-5+. The highest BCUT2D eigenvalue weighted by Gasteiger charge is 2.10. The maximum Gasteiger partial charge on any atom is 0.328 e. The van der Waals surface area contributed by atoms with Crippen LogP contribution in [0.15, 0.2) is 35.9 Å². The number of anilines is 1. The highest BCUT2D eigenvalue weighted by atomic mass is 16.6. The lowest BCUT2D eigenvalue weighted by Gasteiger charge is -2.04. The Balaban J connectivity index is 2.85. The number of carbonyl (C=O) groups excluding carboxylic acids is 1. The molecule has 0 unspecified atom stereocenters. The molecule has 0 atom stereocenters. The van der Waals surface area contributed by atoms with Crippen LogP contribution in [0.25, 0.3) is 0 Å². The van der Waals surface area contributed by atoms with Crippen LogP contribution in [-0.2, 0) is 9.59 Å². The second-order valence-electron chi connectivity index (χ2n) is 3.43. The maximum absolute atomic E-state index is 11.5. The van der Waals surface area contributed by atoms with E-state index in [1.54, 1.807) is 0 Å². The van der Waals surface area contributed by atoms with Gasteiger partial charge in [0, 0.05) is 29.5 Å². The molecule has 0 aliphatic carbocycles. The van der Waals surface area contributed by atoms with Gasteiger partial charge in [-0.15, -0.1) is 0 Å². The summed E-state index contributed by atoms with van der Waals surface area (Å²) in [6.07, 6.45) is 0.757. The lowest BCUT2D eigenvalue weighted by Crippen LogP contribution is -2.13. The van der Waals surface area contributed by atoms with Gasteiger partial charge in [-0.1, -0.05) is 6.07 Å². The second kappa shape index (κ2) is 5.58. The SMILES string of the molecule is C/C(=C\C(=O)O)C(=O)Nc1cccc([N+](=O)[O-])c1. The topological polar surface area (TPSA) is 110 Å². The first kappa shape index (κ1) is 13.4. The first-order valence-corrected chi connectivity index (χ1v) is 4.87. The van der Waals surface area contributed by atoms with Gasteiger partial charge < -0.3 is 10.4 Å². The van der Waals surface area contributed by atoms with Crippen molar-refractivity contribution in [3.63, 3.8) is 0 Å². The van der Waals surface area contributed by atoms with Crippen molar-refractivity contribution < 1.29 is 19.6 Å². The highest BCUT2D eigenvalue weighted by Crippen LogP contribution is 2.17. The predicted molar refractivity (Wildman–Crippen MR) is 63.1 cm³/mol. The predicted octanol–water partition coefficient (Wildman–Crippen LogP) is 1.56. The Morgan fingerprint density at radius 2 is 2.11 bits per heavy atom. The van der Waals surface area contributed by atoms with Crippen LogP contribution < -0.4 is 5.32 Å². The molecule has 1 aromatic carbocycles. The van der Waals surface area contributed by atoms with Crippen molar-refractivity contribution in [3.8, 4) is 0 Å². The summed E-state index contributed by atoms with van der Waals surface area (Å²) in [6.45, 7) is 1.33. The van der Waals surface area contributed by atoms with Crippen molar-refractivity contribution >= 4 is 23.3 Å². The first-order chi connectivity index (χ1) is 8.40. The number of carboxylic acid groups (broad SMARTS) is 1. The van der Waals surface area contributed by atoms with Crippen LogP contribution in [0.3, 0.4) is 0 Å². The molecule has 7 nitrogen and oxygen atoms in total. The number of hydrogen-bond acceptors (Lipinski definition) is 4. The molecule has 0 aliphatic rings. The molecule has 0 bridgehead atoms. The van der Waals surface area contributed by atoms with Crippen molar-refractivity contribution in [2.75, 3.05) is 5.32 Å². The Bertz CT molecular complexity index is 536. The summed E-state index contributed by atoms with van der Waals surface area (Å²) in [6, 6.07) is 5.37. The minimum absolute atomic E-state index is 0.00555. The lowest BCUT2D eigenvalue weighted by atomic mass is 10.2. The van der Waals surface area contributed by atoms with Crippen LogP contribution in [0, 0.1) is 10.1 Å². The van der Waals surface area contributed by atoms with Gasteiger partial charge in [0.05, 0.1) is 4.92 Å². The molecule has 1 rings (SSSR count). The smallest absolute Gasteiger partial charge is 0.328 e. The number of carboxylic acids is 1. The van der Waals surface area contributed by atoms with Gasteiger partial charge in [-0.05, 0) is 13.0 Å². The molecule has 94 valence electrons. The fourth-order valence-corrected chi connectivity index (χ4v) is 1.18. The molecule has 0 fully saturated rings. The van der Waals surface area contributed by atoms with E-state index < -0.39 is 16.8 Å². The Hall–Kier alpha value is -2.70. The number of non-ortho nitro benzene ring substituents is 1. The number of nitro benzene ring substituents is 1. The summed E-state index contributed by atoms with van der Waals surface area (Å²) in [5.41, 5.74) is 0.0639. The van der Waals surface area contributed by atoms with Crippen molar-refractivity contribution in [3.05, 3.63) is 46.0 Å². The zero-order valence-corrected chi connectivity index (χ0v) is 9.41. The molecular weight excluding hydrogens is 240 g/mol. The van der Waals surface area contributed by atoms with Gasteiger partial charge in [0.1, 0.15) is 0 Å². The summed E-state index contributed by atoms with van der Waals surface area (Å²) < 4.78 is 0. The zero-order chi connectivity index (χ0) is 13.7. The summed E-state index contributed by atoms with van der Waals surface area (Å²) in [5.74, 6) is -1.86. The lowest BCUT2D eigenvalue weighted by molar-refractivity contribution is -0.384. The van der Waals surface area contributed by atoms with Crippen molar-refractivity contribution in [2.45, 2.75) is 6.92 Å². The fraction of sp³-hybridized carbons (Fsp3) is 0.0909. The highest BCUT2D eigenvalue weighted by molar-refractivity contribution is 6.06. The van der Waals surface area contributed by atoms with Crippen LogP contribution in [0.2, 0.25) is 0 Å². The van der Waals surface area contributed by atoms with Gasteiger partial charge in [0.2, 0.25) is 0 Å². The van der Waals surface area contributed by atoms with E-state index in [-0.39, 0.29) is 16.9 Å². The van der Waals surface area contributed by atoms with E-state index in [4.69, 9.17) is 5.11 Å². The van der Waals surface area contributed by atoms with Crippen LogP contribution in [-0.4, -0.2) is 21.9 Å². The van der Waals surface area contributed by atoms with Crippen molar-refractivity contribution in [2.24, 2.45) is 0 Å². The fourth-order valence-electron chi connectivity index (χ4n) is 1.18. The minimum Gasteiger partial charge on any atom is -0.478 e. The van der Waals surface area contributed by atoms with E-state index >= 15 is 0 Å². The third-order valence-corrected chi connectivity index (χ3v) is 2.01. The minimum atomic E-state index is -1.23. The molecule has 0 saturated heterocycles. The number of nitrogens with zero attached hydrogens (tertiary/aromatic N) is 1. The Morgan fingerprint density at radius 1 is 1.44 bits per heavy atom. The molecule has 0 radical (unpaired) electrons. The Kier molecular flexibility index (Phi) is 4.14. The molecule has 2 N–H and O–H groups in total. The van der Waals surface area contributed by atoms with Gasteiger partial charge in [-0.2, -0.15) is 0 Å². The summed E-state index contributed by atoms with van der Waals surface area (Å²) >= 11 is 0. The summed E-state index contributed by atoms with van der Waals surface area (Å²) in [7, 11) is 0. The van der Waals surface area contributed by atoms with Gasteiger partial charge in [0.15, 0.2) is 0 Å². The summed E-state index contributed by atoms with van der Waals surface area (Å²) in [5, 5.41) is 21.4. The second-order valence-corrected chi connectivity index (χ2v) is 3.43. The molecule has 0 saturated carbocycles. The van der Waals surface area contributed by atoms with Crippen molar-refractivity contribution in [1.29, 1.82) is 0 Å². The van der Waals surface area contributed by atoms with E-state index in [9.17, 15) is 19.7 Å². The number of carbonyl (C=O) groups is 2. The van der Waals surface area contributed by atoms with E-state index in [2.05, 4.69) is 5.32 Å². The average molecular weight is 250 g/mol.